The molecule has 0 spiro atoms. The number of ether oxygens (including phenoxy) is 1. The van der Waals surface area contributed by atoms with E-state index in [0.29, 0.717) is 38.8 Å². The van der Waals surface area contributed by atoms with E-state index >= 15 is 0 Å². The lowest BCUT2D eigenvalue weighted by Gasteiger charge is -2.35. The summed E-state index contributed by atoms with van der Waals surface area (Å²) in [6.07, 6.45) is -3.30. The second kappa shape index (κ2) is 5.12. The summed E-state index contributed by atoms with van der Waals surface area (Å²) in [6.45, 7) is 2.58. The Morgan fingerprint density at radius 3 is 2.59 bits per heavy atom. The lowest BCUT2D eigenvalue weighted by atomic mass is 9.97. The van der Waals surface area contributed by atoms with Crippen molar-refractivity contribution >= 4 is 0 Å². The molecular formula is C11H19F3N2O. The van der Waals surface area contributed by atoms with Crippen LogP contribution in [0, 0.1) is 5.92 Å². The van der Waals surface area contributed by atoms with Crippen molar-refractivity contribution in [2.24, 2.45) is 5.92 Å². The van der Waals surface area contributed by atoms with E-state index in [1.165, 1.54) is 0 Å². The summed E-state index contributed by atoms with van der Waals surface area (Å²) >= 11 is 0. The minimum Gasteiger partial charge on any atom is -0.378 e. The summed E-state index contributed by atoms with van der Waals surface area (Å²) in [4.78, 5) is 2.09. The fraction of sp³-hybridized carbons (Fsp3) is 1.00. The molecule has 0 aromatic carbocycles. The predicted octanol–water partition coefficient (Wildman–Crippen LogP) is 1.25. The number of nitrogens with one attached hydrogen (secondary N) is 1. The van der Waals surface area contributed by atoms with Gasteiger partial charge < -0.3 is 10.1 Å². The lowest BCUT2D eigenvalue weighted by Crippen LogP contribution is -2.48. The number of rotatable bonds is 4. The van der Waals surface area contributed by atoms with Crippen molar-refractivity contribution in [3.63, 3.8) is 0 Å². The Kier molecular flexibility index (Phi) is 3.95. The molecule has 2 aliphatic rings. The van der Waals surface area contributed by atoms with Crippen LogP contribution in [0.4, 0.5) is 13.2 Å². The fourth-order valence-electron chi connectivity index (χ4n) is 2.47. The van der Waals surface area contributed by atoms with Crippen molar-refractivity contribution < 1.29 is 17.9 Å². The molecule has 6 heteroatoms. The Balaban J connectivity index is 1.77. The molecule has 0 aromatic heterocycles. The minimum absolute atomic E-state index is 0.213. The first-order valence-electron chi connectivity index (χ1n) is 6.06. The predicted molar refractivity (Wildman–Crippen MR) is 57.8 cm³/mol. The average molecular weight is 252 g/mol. The van der Waals surface area contributed by atoms with Crippen molar-refractivity contribution in [2.75, 3.05) is 33.4 Å². The van der Waals surface area contributed by atoms with E-state index in [9.17, 15) is 13.2 Å². The first-order valence-corrected chi connectivity index (χ1v) is 6.06. The molecule has 2 rings (SSSR count). The van der Waals surface area contributed by atoms with Crippen LogP contribution in [0.15, 0.2) is 0 Å². The number of halogens is 3. The molecule has 2 unspecified atom stereocenters. The van der Waals surface area contributed by atoms with Crippen LogP contribution in [0.25, 0.3) is 0 Å². The molecule has 0 aliphatic carbocycles. The van der Waals surface area contributed by atoms with Crippen LogP contribution in [0.3, 0.4) is 0 Å². The maximum Gasteiger partial charge on any atom is 0.393 e. The van der Waals surface area contributed by atoms with Gasteiger partial charge in [-0.25, -0.2) is 0 Å². The van der Waals surface area contributed by atoms with Gasteiger partial charge in [-0.05, 0) is 33.0 Å². The zero-order chi connectivity index (χ0) is 12.5. The van der Waals surface area contributed by atoms with Gasteiger partial charge in [0.25, 0.3) is 0 Å². The summed E-state index contributed by atoms with van der Waals surface area (Å²) < 4.78 is 43.2. The van der Waals surface area contributed by atoms with Gasteiger partial charge in [0, 0.05) is 6.04 Å². The normalized spacial score (nSPS) is 30.9. The van der Waals surface area contributed by atoms with Gasteiger partial charge in [-0.2, -0.15) is 13.2 Å². The van der Waals surface area contributed by atoms with Crippen LogP contribution >= 0.6 is 0 Å². The van der Waals surface area contributed by atoms with E-state index in [2.05, 4.69) is 10.2 Å². The first kappa shape index (κ1) is 13.1. The highest BCUT2D eigenvalue weighted by molar-refractivity contribution is 4.89. The average Bonchev–Trinajstić information content (AvgIpc) is 2.58. The Morgan fingerprint density at radius 1 is 1.35 bits per heavy atom. The highest BCUT2D eigenvalue weighted by atomic mass is 19.4. The van der Waals surface area contributed by atoms with Crippen molar-refractivity contribution in [1.29, 1.82) is 0 Å². The van der Waals surface area contributed by atoms with Crippen molar-refractivity contribution in [3.05, 3.63) is 0 Å². The maximum atomic E-state index is 12.7. The van der Waals surface area contributed by atoms with Gasteiger partial charge in [0.1, 0.15) is 0 Å². The number of hydrogen-bond donors (Lipinski definition) is 1. The van der Waals surface area contributed by atoms with E-state index in [0.717, 1.165) is 0 Å². The molecule has 1 N–H and O–H groups in total. The van der Waals surface area contributed by atoms with E-state index < -0.39 is 18.1 Å². The minimum atomic E-state index is -4.06. The molecule has 3 nitrogen and oxygen atoms in total. The van der Waals surface area contributed by atoms with Gasteiger partial charge in [0.2, 0.25) is 0 Å². The zero-order valence-corrected chi connectivity index (χ0v) is 9.96. The van der Waals surface area contributed by atoms with Crippen LogP contribution in [0.2, 0.25) is 0 Å². The van der Waals surface area contributed by atoms with E-state index in [1.54, 1.807) is 0 Å². The van der Waals surface area contributed by atoms with Crippen LogP contribution in [-0.4, -0.2) is 56.5 Å². The maximum absolute atomic E-state index is 12.7. The van der Waals surface area contributed by atoms with Crippen molar-refractivity contribution in [1.82, 2.24) is 10.2 Å². The van der Waals surface area contributed by atoms with Gasteiger partial charge in [-0.1, -0.05) is 0 Å². The third kappa shape index (κ3) is 3.11. The SMILES string of the molecule is CN(CCC1NCCC1C(F)(F)F)C1COC1. The van der Waals surface area contributed by atoms with Crippen LogP contribution in [0.1, 0.15) is 12.8 Å². The zero-order valence-electron chi connectivity index (χ0n) is 9.96. The molecule has 0 aromatic rings. The van der Waals surface area contributed by atoms with Gasteiger partial charge in [-0.15, -0.1) is 0 Å². The monoisotopic (exact) mass is 252 g/mol. The van der Waals surface area contributed by atoms with E-state index in [1.807, 2.05) is 7.05 Å². The Bertz CT molecular complexity index is 256. The second-order valence-electron chi connectivity index (χ2n) is 4.96. The second-order valence-corrected chi connectivity index (χ2v) is 4.96. The molecule has 2 heterocycles. The quantitative estimate of drug-likeness (QED) is 0.815. The molecule has 100 valence electrons. The van der Waals surface area contributed by atoms with E-state index in [-0.39, 0.29) is 6.42 Å². The fourth-order valence-corrected chi connectivity index (χ4v) is 2.47. The lowest BCUT2D eigenvalue weighted by molar-refractivity contribution is -0.177. The Morgan fingerprint density at radius 2 is 2.06 bits per heavy atom. The number of hydrogen-bond acceptors (Lipinski definition) is 3. The molecule has 2 aliphatic heterocycles. The Labute approximate surface area is 99.3 Å². The molecular weight excluding hydrogens is 233 g/mol. The topological polar surface area (TPSA) is 24.5 Å². The first-order chi connectivity index (χ1) is 7.98. The summed E-state index contributed by atoms with van der Waals surface area (Å²) in [5.74, 6) is -1.17. The van der Waals surface area contributed by atoms with Crippen molar-refractivity contribution in [3.8, 4) is 0 Å². The molecule has 0 bridgehead atoms. The Hall–Kier alpha value is -0.330. The van der Waals surface area contributed by atoms with Crippen molar-refractivity contribution in [2.45, 2.75) is 31.1 Å². The summed E-state index contributed by atoms with van der Waals surface area (Å²) in [7, 11) is 1.95. The van der Waals surface area contributed by atoms with Gasteiger partial charge in [0.15, 0.2) is 0 Å². The molecule has 2 fully saturated rings. The van der Waals surface area contributed by atoms with Gasteiger partial charge >= 0.3 is 6.18 Å². The van der Waals surface area contributed by atoms with E-state index in [4.69, 9.17) is 4.74 Å². The third-order valence-electron chi connectivity index (χ3n) is 3.80. The molecule has 2 saturated heterocycles. The molecule has 17 heavy (non-hydrogen) atoms. The largest absolute Gasteiger partial charge is 0.393 e. The van der Waals surface area contributed by atoms with Crippen LogP contribution in [-0.2, 0) is 4.74 Å². The molecule has 0 amide bonds. The smallest absolute Gasteiger partial charge is 0.378 e. The van der Waals surface area contributed by atoms with Gasteiger partial charge in [0.05, 0.1) is 25.2 Å². The van der Waals surface area contributed by atoms with Crippen LogP contribution < -0.4 is 5.32 Å². The van der Waals surface area contributed by atoms with Gasteiger partial charge in [-0.3, -0.25) is 4.90 Å². The highest BCUT2D eigenvalue weighted by Crippen LogP contribution is 2.35. The summed E-state index contributed by atoms with van der Waals surface area (Å²) in [5, 5.41) is 2.97. The standard InChI is InChI=1S/C11H19F3N2O/c1-16(8-6-17-7-8)5-3-10-9(2-4-15-10)11(12,13)14/h8-10,15H,2-7H2,1H3. The summed E-state index contributed by atoms with van der Waals surface area (Å²) in [6, 6.07) is -0.0285. The summed E-state index contributed by atoms with van der Waals surface area (Å²) in [5.41, 5.74) is 0. The number of likely N-dealkylation sites (N-methyl/N-ethyl adjacent to an activating group) is 1. The molecule has 2 atom stereocenters. The number of nitrogens with zero attached hydrogens (tertiary/aromatic N) is 1. The van der Waals surface area contributed by atoms with Crippen LogP contribution in [0.5, 0.6) is 0 Å². The highest BCUT2D eigenvalue weighted by Gasteiger charge is 2.46. The molecule has 0 saturated carbocycles. The third-order valence-corrected chi connectivity index (χ3v) is 3.80. The number of alkyl halides is 3. The molecule has 0 radical (unpaired) electrons.